The SMILES string of the molecule is COc1cccc(OC)c1-c1cccc2nc3ccccc3c(C(=O)O)c12. The maximum atomic E-state index is 12.2. The fraction of sp³-hybridized carbons (Fsp3) is 0.0909. The summed E-state index contributed by atoms with van der Waals surface area (Å²) in [4.78, 5) is 16.9. The molecule has 0 fully saturated rings. The minimum Gasteiger partial charge on any atom is -0.496 e. The molecule has 0 saturated heterocycles. The molecule has 4 aromatic rings. The van der Waals surface area contributed by atoms with Gasteiger partial charge in [-0.25, -0.2) is 9.78 Å². The van der Waals surface area contributed by atoms with Gasteiger partial charge in [-0.05, 0) is 29.8 Å². The number of carboxylic acids is 1. The van der Waals surface area contributed by atoms with E-state index in [0.29, 0.717) is 44.4 Å². The van der Waals surface area contributed by atoms with E-state index in [1.165, 1.54) is 0 Å². The smallest absolute Gasteiger partial charge is 0.337 e. The maximum absolute atomic E-state index is 12.2. The number of benzene rings is 3. The quantitative estimate of drug-likeness (QED) is 0.532. The van der Waals surface area contributed by atoms with Crippen LogP contribution in [0.5, 0.6) is 11.5 Å². The van der Waals surface area contributed by atoms with Gasteiger partial charge in [-0.3, -0.25) is 0 Å². The fourth-order valence-corrected chi connectivity index (χ4v) is 3.49. The van der Waals surface area contributed by atoms with E-state index in [1.54, 1.807) is 20.3 Å². The van der Waals surface area contributed by atoms with Gasteiger partial charge in [-0.1, -0.05) is 36.4 Å². The predicted molar refractivity (Wildman–Crippen MR) is 105 cm³/mol. The second kappa shape index (κ2) is 6.61. The van der Waals surface area contributed by atoms with Gasteiger partial charge in [0.1, 0.15) is 11.5 Å². The van der Waals surface area contributed by atoms with Crippen LogP contribution >= 0.6 is 0 Å². The molecule has 0 spiro atoms. The van der Waals surface area contributed by atoms with Crippen LogP contribution in [0.2, 0.25) is 0 Å². The van der Waals surface area contributed by atoms with Gasteiger partial charge in [0, 0.05) is 10.8 Å². The predicted octanol–water partition coefficient (Wildman–Crippen LogP) is 4.77. The van der Waals surface area contributed by atoms with E-state index in [2.05, 4.69) is 4.98 Å². The van der Waals surface area contributed by atoms with E-state index in [9.17, 15) is 9.90 Å². The van der Waals surface area contributed by atoms with Crippen LogP contribution in [0.3, 0.4) is 0 Å². The van der Waals surface area contributed by atoms with E-state index < -0.39 is 5.97 Å². The van der Waals surface area contributed by atoms with Crippen LogP contribution in [0.15, 0.2) is 60.7 Å². The first-order chi connectivity index (χ1) is 13.2. The molecule has 0 atom stereocenters. The number of methoxy groups -OCH3 is 2. The molecule has 1 N–H and O–H groups in total. The zero-order valence-corrected chi connectivity index (χ0v) is 14.9. The Morgan fingerprint density at radius 1 is 0.852 bits per heavy atom. The first kappa shape index (κ1) is 16.8. The summed E-state index contributed by atoms with van der Waals surface area (Å²) in [5, 5.41) is 11.2. The number of para-hydroxylation sites is 1. The highest BCUT2D eigenvalue weighted by molar-refractivity contribution is 6.18. The van der Waals surface area contributed by atoms with Gasteiger partial charge in [0.2, 0.25) is 0 Å². The van der Waals surface area contributed by atoms with Gasteiger partial charge in [0.25, 0.3) is 0 Å². The molecule has 27 heavy (non-hydrogen) atoms. The van der Waals surface area contributed by atoms with Crippen molar-refractivity contribution in [1.82, 2.24) is 4.98 Å². The van der Waals surface area contributed by atoms with E-state index in [-0.39, 0.29) is 5.56 Å². The summed E-state index contributed by atoms with van der Waals surface area (Å²) in [7, 11) is 3.16. The van der Waals surface area contributed by atoms with Gasteiger partial charge in [-0.2, -0.15) is 0 Å². The van der Waals surface area contributed by atoms with Crippen LogP contribution in [0.4, 0.5) is 0 Å². The van der Waals surface area contributed by atoms with Crippen molar-refractivity contribution in [2.45, 2.75) is 0 Å². The molecular formula is C22H17NO4. The van der Waals surface area contributed by atoms with Crippen LogP contribution in [0.25, 0.3) is 32.9 Å². The van der Waals surface area contributed by atoms with E-state index in [4.69, 9.17) is 9.47 Å². The lowest BCUT2D eigenvalue weighted by Gasteiger charge is -2.16. The third kappa shape index (κ3) is 2.64. The summed E-state index contributed by atoms with van der Waals surface area (Å²) < 4.78 is 11.1. The second-order valence-electron chi connectivity index (χ2n) is 6.05. The fourth-order valence-electron chi connectivity index (χ4n) is 3.49. The van der Waals surface area contributed by atoms with Gasteiger partial charge in [0.15, 0.2) is 0 Å². The molecule has 0 bridgehead atoms. The zero-order chi connectivity index (χ0) is 19.0. The molecule has 1 aromatic heterocycles. The average Bonchev–Trinajstić information content (AvgIpc) is 2.70. The number of carbonyl (C=O) groups is 1. The Hall–Kier alpha value is -3.60. The van der Waals surface area contributed by atoms with Crippen molar-refractivity contribution in [3.63, 3.8) is 0 Å². The van der Waals surface area contributed by atoms with Crippen molar-refractivity contribution >= 4 is 27.8 Å². The Balaban J connectivity index is 2.22. The molecule has 134 valence electrons. The summed E-state index contributed by atoms with van der Waals surface area (Å²) in [6.07, 6.45) is 0. The number of carboxylic acid groups (broad SMARTS) is 1. The summed E-state index contributed by atoms with van der Waals surface area (Å²) in [6.45, 7) is 0. The molecule has 5 nitrogen and oxygen atoms in total. The van der Waals surface area contributed by atoms with Crippen molar-refractivity contribution in [1.29, 1.82) is 0 Å². The van der Waals surface area contributed by atoms with Gasteiger partial charge < -0.3 is 14.6 Å². The number of rotatable bonds is 4. The number of fused-ring (bicyclic) bond motifs is 2. The Morgan fingerprint density at radius 3 is 2.15 bits per heavy atom. The summed E-state index contributed by atoms with van der Waals surface area (Å²) in [5.41, 5.74) is 2.88. The minimum absolute atomic E-state index is 0.221. The highest BCUT2D eigenvalue weighted by Gasteiger charge is 2.22. The van der Waals surface area contributed by atoms with Crippen molar-refractivity contribution in [2.24, 2.45) is 0 Å². The lowest BCUT2D eigenvalue weighted by molar-refractivity contribution is 0.0701. The Kier molecular flexibility index (Phi) is 4.12. The highest BCUT2D eigenvalue weighted by Crippen LogP contribution is 2.43. The third-order valence-electron chi connectivity index (χ3n) is 4.62. The Morgan fingerprint density at radius 2 is 1.48 bits per heavy atom. The zero-order valence-electron chi connectivity index (χ0n) is 14.9. The molecule has 0 saturated carbocycles. The van der Waals surface area contributed by atoms with Gasteiger partial charge in [0.05, 0.1) is 36.4 Å². The minimum atomic E-state index is -1.00. The van der Waals surface area contributed by atoms with Crippen molar-refractivity contribution in [2.75, 3.05) is 14.2 Å². The molecule has 1 heterocycles. The molecule has 5 heteroatoms. The van der Waals surface area contributed by atoms with Crippen molar-refractivity contribution < 1.29 is 19.4 Å². The highest BCUT2D eigenvalue weighted by atomic mass is 16.5. The Labute approximate surface area is 155 Å². The number of pyridine rings is 1. The maximum Gasteiger partial charge on any atom is 0.337 e. The molecule has 0 radical (unpaired) electrons. The molecule has 4 rings (SSSR count). The normalized spacial score (nSPS) is 10.9. The molecule has 0 aliphatic carbocycles. The monoisotopic (exact) mass is 359 g/mol. The first-order valence-electron chi connectivity index (χ1n) is 8.42. The molecule has 0 aliphatic rings. The van der Waals surface area contributed by atoms with Crippen LogP contribution in [-0.2, 0) is 0 Å². The number of aromatic nitrogens is 1. The van der Waals surface area contributed by atoms with Gasteiger partial charge >= 0.3 is 5.97 Å². The van der Waals surface area contributed by atoms with Crippen molar-refractivity contribution in [3.05, 3.63) is 66.2 Å². The lowest BCUT2D eigenvalue weighted by atomic mass is 9.93. The van der Waals surface area contributed by atoms with Crippen molar-refractivity contribution in [3.8, 4) is 22.6 Å². The van der Waals surface area contributed by atoms with Gasteiger partial charge in [-0.15, -0.1) is 0 Å². The number of nitrogens with zero attached hydrogens (tertiary/aromatic N) is 1. The average molecular weight is 359 g/mol. The summed E-state index contributed by atoms with van der Waals surface area (Å²) >= 11 is 0. The number of hydrogen-bond donors (Lipinski definition) is 1. The Bertz CT molecular complexity index is 1160. The van der Waals surface area contributed by atoms with Crippen LogP contribution in [-0.4, -0.2) is 30.3 Å². The molecule has 0 aliphatic heterocycles. The molecule has 0 amide bonds. The molecular weight excluding hydrogens is 342 g/mol. The topological polar surface area (TPSA) is 68.7 Å². The van der Waals surface area contributed by atoms with E-state index in [0.717, 1.165) is 0 Å². The summed E-state index contributed by atoms with van der Waals surface area (Å²) in [6, 6.07) is 18.3. The van der Waals surface area contributed by atoms with E-state index >= 15 is 0 Å². The largest absolute Gasteiger partial charge is 0.496 e. The summed E-state index contributed by atoms with van der Waals surface area (Å²) in [5.74, 6) is 0.206. The second-order valence-corrected chi connectivity index (χ2v) is 6.05. The lowest BCUT2D eigenvalue weighted by Crippen LogP contribution is -2.03. The standard InChI is InChI=1S/C22H17NO4/c1-26-17-11-6-12-18(27-2)20(17)14-8-5-10-16-19(14)21(22(24)25)13-7-3-4-9-15(13)23-16/h3-12H,1-2H3,(H,24,25). The molecule has 3 aromatic carbocycles. The molecule has 0 unspecified atom stereocenters. The number of aromatic carboxylic acids is 1. The number of ether oxygens (including phenoxy) is 2. The van der Waals surface area contributed by atoms with Crippen LogP contribution < -0.4 is 9.47 Å². The van der Waals surface area contributed by atoms with Crippen LogP contribution in [0, 0.1) is 0 Å². The van der Waals surface area contributed by atoms with Crippen LogP contribution in [0.1, 0.15) is 10.4 Å². The van der Waals surface area contributed by atoms with E-state index in [1.807, 2.05) is 54.6 Å². The third-order valence-corrected chi connectivity index (χ3v) is 4.62. The first-order valence-corrected chi connectivity index (χ1v) is 8.42. The number of hydrogen-bond acceptors (Lipinski definition) is 4.